The summed E-state index contributed by atoms with van der Waals surface area (Å²) >= 11 is 0. The Morgan fingerprint density at radius 2 is 2.12 bits per heavy atom. The summed E-state index contributed by atoms with van der Waals surface area (Å²) < 4.78 is 5.56. The molecule has 1 heteroatoms. The van der Waals surface area contributed by atoms with Gasteiger partial charge in [-0.25, -0.2) is 0 Å². The van der Waals surface area contributed by atoms with Crippen LogP contribution < -0.4 is 4.74 Å². The Bertz CT molecular complexity index is 423. The van der Waals surface area contributed by atoms with E-state index in [1.165, 1.54) is 30.4 Å². The lowest BCUT2D eigenvalue weighted by molar-refractivity contribution is 0.369. The van der Waals surface area contributed by atoms with Crippen molar-refractivity contribution >= 4 is 5.57 Å². The maximum atomic E-state index is 5.56. The van der Waals surface area contributed by atoms with E-state index in [-0.39, 0.29) is 0 Å². The number of ether oxygens (including phenoxy) is 1. The normalized spacial score (nSPS) is 15.1. The molecule has 0 amide bonds. The van der Waals surface area contributed by atoms with Gasteiger partial charge >= 0.3 is 0 Å². The minimum absolute atomic E-state index is 0.338. The van der Waals surface area contributed by atoms with E-state index in [9.17, 15) is 0 Å². The highest BCUT2D eigenvalue weighted by Gasteiger charge is 2.10. The van der Waals surface area contributed by atoms with Crippen molar-refractivity contribution in [2.75, 3.05) is 6.61 Å². The Labute approximate surface area is 97.1 Å². The first kappa shape index (κ1) is 10.8. The summed E-state index contributed by atoms with van der Waals surface area (Å²) in [5, 5.41) is 0. The summed E-state index contributed by atoms with van der Waals surface area (Å²) in [7, 11) is 0. The third kappa shape index (κ3) is 2.46. The van der Waals surface area contributed by atoms with Gasteiger partial charge in [-0.3, -0.25) is 0 Å². The Hall–Kier alpha value is -1.68. The maximum absolute atomic E-state index is 5.56. The molecule has 1 aromatic carbocycles. The van der Waals surface area contributed by atoms with Crippen molar-refractivity contribution < 1.29 is 4.74 Å². The van der Waals surface area contributed by atoms with Crippen LogP contribution in [0.4, 0.5) is 0 Å². The number of allylic oxidation sites excluding steroid dienone is 2. The summed E-state index contributed by atoms with van der Waals surface area (Å²) in [6.07, 6.45) is 12.4. The van der Waals surface area contributed by atoms with Crippen LogP contribution in [0.1, 0.15) is 31.2 Å². The molecule has 1 aliphatic carbocycles. The minimum atomic E-state index is 0.338. The monoisotopic (exact) mass is 212 g/mol. The SMILES string of the molecule is C#CCOc1ccccc1C1=CCCCC1. The van der Waals surface area contributed by atoms with E-state index >= 15 is 0 Å². The predicted molar refractivity (Wildman–Crippen MR) is 67.2 cm³/mol. The van der Waals surface area contributed by atoms with Gasteiger partial charge in [0.2, 0.25) is 0 Å². The fourth-order valence-electron chi connectivity index (χ4n) is 2.06. The zero-order valence-electron chi connectivity index (χ0n) is 9.41. The van der Waals surface area contributed by atoms with Crippen LogP contribution in [-0.4, -0.2) is 6.61 Å². The third-order valence-electron chi connectivity index (χ3n) is 2.83. The molecule has 0 saturated carbocycles. The molecule has 0 saturated heterocycles. The molecule has 16 heavy (non-hydrogen) atoms. The molecule has 0 heterocycles. The van der Waals surface area contributed by atoms with Crippen molar-refractivity contribution in [2.24, 2.45) is 0 Å². The lowest BCUT2D eigenvalue weighted by atomic mass is 9.93. The Kier molecular flexibility index (Phi) is 3.66. The van der Waals surface area contributed by atoms with E-state index in [2.05, 4.69) is 18.1 Å². The minimum Gasteiger partial charge on any atom is -0.480 e. The second-order valence-electron chi connectivity index (χ2n) is 3.96. The van der Waals surface area contributed by atoms with Crippen LogP contribution in [0.3, 0.4) is 0 Å². The van der Waals surface area contributed by atoms with Crippen molar-refractivity contribution in [1.82, 2.24) is 0 Å². The molecule has 0 radical (unpaired) electrons. The van der Waals surface area contributed by atoms with Crippen LogP contribution in [-0.2, 0) is 0 Å². The van der Waals surface area contributed by atoms with Crippen molar-refractivity contribution in [3.05, 3.63) is 35.9 Å². The van der Waals surface area contributed by atoms with Gasteiger partial charge in [-0.15, -0.1) is 6.42 Å². The molecule has 0 spiro atoms. The fourth-order valence-corrected chi connectivity index (χ4v) is 2.06. The quantitative estimate of drug-likeness (QED) is 0.695. The molecule has 0 fully saturated rings. The molecule has 82 valence electrons. The topological polar surface area (TPSA) is 9.23 Å². The standard InChI is InChI=1S/C15H16O/c1-2-12-16-15-11-7-6-10-14(15)13-8-4-3-5-9-13/h1,6-8,10-11H,3-5,9,12H2. The van der Waals surface area contributed by atoms with E-state index in [0.29, 0.717) is 6.61 Å². The van der Waals surface area contributed by atoms with E-state index in [4.69, 9.17) is 11.2 Å². The van der Waals surface area contributed by atoms with Crippen molar-refractivity contribution in [3.63, 3.8) is 0 Å². The van der Waals surface area contributed by atoms with Crippen LogP contribution in [0.5, 0.6) is 5.75 Å². The molecular formula is C15H16O. The van der Waals surface area contributed by atoms with E-state index in [1.807, 2.05) is 18.2 Å². The van der Waals surface area contributed by atoms with Gasteiger partial charge in [0.15, 0.2) is 0 Å². The van der Waals surface area contributed by atoms with Gasteiger partial charge in [-0.1, -0.05) is 30.2 Å². The van der Waals surface area contributed by atoms with Gasteiger partial charge in [0.1, 0.15) is 12.4 Å². The molecular weight excluding hydrogens is 196 g/mol. The summed E-state index contributed by atoms with van der Waals surface area (Å²) in [4.78, 5) is 0. The molecule has 2 rings (SSSR count). The first-order valence-corrected chi connectivity index (χ1v) is 5.76. The number of hydrogen-bond acceptors (Lipinski definition) is 1. The Morgan fingerprint density at radius 1 is 1.25 bits per heavy atom. The highest BCUT2D eigenvalue weighted by atomic mass is 16.5. The van der Waals surface area contributed by atoms with Gasteiger partial charge in [-0.05, 0) is 37.3 Å². The zero-order valence-corrected chi connectivity index (χ0v) is 9.41. The molecule has 0 N–H and O–H groups in total. The van der Waals surface area contributed by atoms with Crippen LogP contribution in [0.25, 0.3) is 5.57 Å². The predicted octanol–water partition coefficient (Wildman–Crippen LogP) is 3.66. The first-order valence-electron chi connectivity index (χ1n) is 5.76. The summed E-state index contributed by atoms with van der Waals surface area (Å²) in [6.45, 7) is 0.338. The number of rotatable bonds is 3. The Balaban J connectivity index is 2.25. The zero-order chi connectivity index (χ0) is 11.2. The molecule has 0 unspecified atom stereocenters. The van der Waals surface area contributed by atoms with Gasteiger partial charge in [0.25, 0.3) is 0 Å². The van der Waals surface area contributed by atoms with E-state index in [1.54, 1.807) is 0 Å². The van der Waals surface area contributed by atoms with Crippen LogP contribution in [0, 0.1) is 12.3 Å². The largest absolute Gasteiger partial charge is 0.480 e. The fraction of sp³-hybridized carbons (Fsp3) is 0.333. The van der Waals surface area contributed by atoms with Crippen LogP contribution in [0.2, 0.25) is 0 Å². The first-order chi connectivity index (χ1) is 7.92. The van der Waals surface area contributed by atoms with Gasteiger partial charge in [-0.2, -0.15) is 0 Å². The van der Waals surface area contributed by atoms with Crippen molar-refractivity contribution in [2.45, 2.75) is 25.7 Å². The van der Waals surface area contributed by atoms with Gasteiger partial charge in [0.05, 0.1) is 0 Å². The smallest absolute Gasteiger partial charge is 0.148 e. The molecule has 0 bridgehead atoms. The van der Waals surface area contributed by atoms with Gasteiger partial charge in [0, 0.05) is 5.56 Å². The summed E-state index contributed by atoms with van der Waals surface area (Å²) in [6, 6.07) is 8.14. The number of benzene rings is 1. The molecule has 1 aromatic rings. The van der Waals surface area contributed by atoms with Crippen molar-refractivity contribution in [1.29, 1.82) is 0 Å². The van der Waals surface area contributed by atoms with Gasteiger partial charge < -0.3 is 4.74 Å². The molecule has 0 aliphatic heterocycles. The average Bonchev–Trinajstić information content (AvgIpc) is 2.38. The number of para-hydroxylation sites is 1. The average molecular weight is 212 g/mol. The highest BCUT2D eigenvalue weighted by Crippen LogP contribution is 2.32. The molecule has 0 atom stereocenters. The van der Waals surface area contributed by atoms with Crippen LogP contribution >= 0.6 is 0 Å². The molecule has 1 aliphatic rings. The summed E-state index contributed by atoms with van der Waals surface area (Å²) in [5.74, 6) is 3.42. The van der Waals surface area contributed by atoms with Crippen LogP contribution in [0.15, 0.2) is 30.3 Å². The maximum Gasteiger partial charge on any atom is 0.148 e. The third-order valence-corrected chi connectivity index (χ3v) is 2.83. The lowest BCUT2D eigenvalue weighted by Crippen LogP contribution is -1.99. The van der Waals surface area contributed by atoms with E-state index < -0.39 is 0 Å². The highest BCUT2D eigenvalue weighted by molar-refractivity contribution is 5.71. The molecule has 0 aromatic heterocycles. The number of terminal acetylenes is 1. The van der Waals surface area contributed by atoms with E-state index in [0.717, 1.165) is 12.2 Å². The second kappa shape index (κ2) is 5.42. The second-order valence-corrected chi connectivity index (χ2v) is 3.96. The summed E-state index contributed by atoms with van der Waals surface area (Å²) in [5.41, 5.74) is 2.61. The van der Waals surface area contributed by atoms with Crippen molar-refractivity contribution in [3.8, 4) is 18.1 Å². The lowest BCUT2D eigenvalue weighted by Gasteiger charge is -2.16. The number of hydrogen-bond donors (Lipinski definition) is 0. The molecule has 1 nitrogen and oxygen atoms in total. The Morgan fingerprint density at radius 3 is 2.88 bits per heavy atom.